The van der Waals surface area contributed by atoms with E-state index in [9.17, 15) is 9.90 Å². The van der Waals surface area contributed by atoms with E-state index in [0.717, 1.165) is 30.2 Å². The molecule has 0 spiro atoms. The van der Waals surface area contributed by atoms with Crippen molar-refractivity contribution in [2.75, 3.05) is 5.73 Å². The summed E-state index contributed by atoms with van der Waals surface area (Å²) in [5.74, 6) is -1.30. The number of rotatable bonds is 7. The molecule has 1 atom stereocenters. The number of nitrogen functional groups attached to an aromatic ring is 1. The number of carboxylic acid groups (broad SMARTS) is 1. The third-order valence-corrected chi connectivity index (χ3v) is 3.56. The van der Waals surface area contributed by atoms with Crippen molar-refractivity contribution in [3.8, 4) is 0 Å². The molecule has 1 unspecified atom stereocenters. The van der Waals surface area contributed by atoms with Gasteiger partial charge in [0.15, 0.2) is 0 Å². The Labute approximate surface area is 117 Å². The molecule has 0 fully saturated rings. The van der Waals surface area contributed by atoms with Gasteiger partial charge in [-0.2, -0.15) is 0 Å². The average Bonchev–Trinajstić information content (AvgIpc) is 2.32. The molecular weight excluding hydrogens is 294 g/mol. The van der Waals surface area contributed by atoms with Crippen molar-refractivity contribution in [2.45, 2.75) is 44.9 Å². The summed E-state index contributed by atoms with van der Waals surface area (Å²) in [6.07, 6.45) is 4.96. The van der Waals surface area contributed by atoms with Crippen molar-refractivity contribution in [3.05, 3.63) is 28.2 Å². The first-order valence-electron chi connectivity index (χ1n) is 6.34. The predicted octanol–water partition coefficient (Wildman–Crippen LogP) is 4.17. The van der Waals surface area contributed by atoms with Gasteiger partial charge < -0.3 is 10.8 Å². The molecular formula is C14H20BrNO2. The SMILES string of the molecule is CCCCCCC(C(=O)O)c1cc(Br)ccc1N. The molecule has 1 rings (SSSR count). The van der Waals surface area contributed by atoms with Gasteiger partial charge in [-0.25, -0.2) is 0 Å². The Bertz CT molecular complexity index is 407. The van der Waals surface area contributed by atoms with Gasteiger partial charge in [-0.15, -0.1) is 0 Å². The lowest BCUT2D eigenvalue weighted by Gasteiger charge is -2.15. The molecule has 18 heavy (non-hydrogen) atoms. The second-order valence-electron chi connectivity index (χ2n) is 4.51. The first kappa shape index (κ1) is 15.0. The molecule has 0 amide bonds. The highest BCUT2D eigenvalue weighted by Gasteiger charge is 2.21. The predicted molar refractivity (Wildman–Crippen MR) is 77.7 cm³/mol. The van der Waals surface area contributed by atoms with E-state index in [2.05, 4.69) is 22.9 Å². The van der Waals surface area contributed by atoms with Crippen LogP contribution < -0.4 is 5.73 Å². The van der Waals surface area contributed by atoms with Crippen LogP contribution in [0.4, 0.5) is 5.69 Å². The standard InChI is InChI=1S/C14H20BrNO2/c1-2-3-4-5-6-11(14(17)18)12-9-10(15)7-8-13(12)16/h7-9,11H,2-6,16H2,1H3,(H,17,18). The van der Waals surface area contributed by atoms with Gasteiger partial charge in [0.05, 0.1) is 5.92 Å². The zero-order chi connectivity index (χ0) is 13.5. The van der Waals surface area contributed by atoms with Crippen LogP contribution in [0.25, 0.3) is 0 Å². The van der Waals surface area contributed by atoms with E-state index in [1.807, 2.05) is 12.1 Å². The normalized spacial score (nSPS) is 12.3. The molecule has 1 aromatic rings. The molecule has 0 aliphatic heterocycles. The lowest BCUT2D eigenvalue weighted by molar-refractivity contribution is -0.139. The first-order chi connectivity index (χ1) is 8.56. The monoisotopic (exact) mass is 313 g/mol. The van der Waals surface area contributed by atoms with Gasteiger partial charge in [0.2, 0.25) is 0 Å². The minimum atomic E-state index is -0.795. The number of hydrogen-bond donors (Lipinski definition) is 2. The summed E-state index contributed by atoms with van der Waals surface area (Å²) in [6, 6.07) is 5.39. The van der Waals surface area contributed by atoms with E-state index < -0.39 is 11.9 Å². The topological polar surface area (TPSA) is 63.3 Å². The summed E-state index contributed by atoms with van der Waals surface area (Å²) < 4.78 is 0.867. The van der Waals surface area contributed by atoms with Crippen LogP contribution in [-0.2, 0) is 4.79 Å². The number of carbonyl (C=O) groups is 1. The molecule has 0 saturated heterocycles. The Morgan fingerprint density at radius 3 is 2.72 bits per heavy atom. The molecule has 0 aromatic heterocycles. The molecule has 100 valence electrons. The number of aliphatic carboxylic acids is 1. The van der Waals surface area contributed by atoms with E-state index in [1.54, 1.807) is 6.07 Å². The van der Waals surface area contributed by atoms with Crippen molar-refractivity contribution >= 4 is 27.6 Å². The zero-order valence-corrected chi connectivity index (χ0v) is 12.2. The molecule has 0 aliphatic carbocycles. The molecule has 0 aliphatic rings. The molecule has 0 saturated carbocycles. The highest BCUT2D eigenvalue weighted by atomic mass is 79.9. The Kier molecular flexibility index (Phi) is 6.19. The number of unbranched alkanes of at least 4 members (excludes halogenated alkanes) is 3. The third kappa shape index (κ3) is 4.33. The van der Waals surface area contributed by atoms with E-state index in [0.29, 0.717) is 17.7 Å². The molecule has 0 bridgehead atoms. The highest BCUT2D eigenvalue weighted by molar-refractivity contribution is 9.10. The number of nitrogens with two attached hydrogens (primary N) is 1. The Morgan fingerprint density at radius 2 is 2.11 bits per heavy atom. The van der Waals surface area contributed by atoms with Crippen molar-refractivity contribution in [3.63, 3.8) is 0 Å². The van der Waals surface area contributed by atoms with Gasteiger partial charge in [-0.3, -0.25) is 4.79 Å². The van der Waals surface area contributed by atoms with E-state index in [-0.39, 0.29) is 0 Å². The summed E-state index contributed by atoms with van der Waals surface area (Å²) in [5.41, 5.74) is 7.15. The second kappa shape index (κ2) is 7.41. The molecule has 4 heteroatoms. The maximum absolute atomic E-state index is 11.4. The Balaban J connectivity index is 2.77. The first-order valence-corrected chi connectivity index (χ1v) is 7.13. The fourth-order valence-electron chi connectivity index (χ4n) is 2.03. The summed E-state index contributed by atoms with van der Waals surface area (Å²) in [7, 11) is 0. The number of anilines is 1. The minimum Gasteiger partial charge on any atom is -0.481 e. The fraction of sp³-hybridized carbons (Fsp3) is 0.500. The maximum Gasteiger partial charge on any atom is 0.311 e. The van der Waals surface area contributed by atoms with Gasteiger partial charge in [0.25, 0.3) is 0 Å². The molecule has 3 N–H and O–H groups in total. The van der Waals surface area contributed by atoms with Crippen LogP contribution in [0.5, 0.6) is 0 Å². The van der Waals surface area contributed by atoms with Crippen LogP contribution in [0.3, 0.4) is 0 Å². The van der Waals surface area contributed by atoms with Crippen LogP contribution in [0.2, 0.25) is 0 Å². The summed E-state index contributed by atoms with van der Waals surface area (Å²) in [4.78, 5) is 11.4. The van der Waals surface area contributed by atoms with Gasteiger partial charge in [0, 0.05) is 10.2 Å². The average molecular weight is 314 g/mol. The van der Waals surface area contributed by atoms with Crippen molar-refractivity contribution in [2.24, 2.45) is 0 Å². The van der Waals surface area contributed by atoms with Crippen LogP contribution in [0, 0.1) is 0 Å². The summed E-state index contributed by atoms with van der Waals surface area (Å²) >= 11 is 3.36. The van der Waals surface area contributed by atoms with Gasteiger partial charge in [-0.05, 0) is 30.2 Å². The quantitative estimate of drug-likeness (QED) is 0.586. The maximum atomic E-state index is 11.4. The zero-order valence-electron chi connectivity index (χ0n) is 10.7. The Morgan fingerprint density at radius 1 is 1.39 bits per heavy atom. The van der Waals surface area contributed by atoms with E-state index in [1.165, 1.54) is 0 Å². The summed E-state index contributed by atoms with van der Waals surface area (Å²) in [5, 5.41) is 9.33. The lowest BCUT2D eigenvalue weighted by Crippen LogP contribution is -2.13. The lowest BCUT2D eigenvalue weighted by atomic mass is 9.92. The van der Waals surface area contributed by atoms with E-state index in [4.69, 9.17) is 5.73 Å². The Hall–Kier alpha value is -1.03. The summed E-state index contributed by atoms with van der Waals surface area (Å²) in [6.45, 7) is 2.14. The van der Waals surface area contributed by atoms with Gasteiger partial charge in [-0.1, -0.05) is 48.5 Å². The van der Waals surface area contributed by atoms with Crippen molar-refractivity contribution in [1.82, 2.24) is 0 Å². The smallest absolute Gasteiger partial charge is 0.311 e. The van der Waals surface area contributed by atoms with Crippen LogP contribution in [0.1, 0.15) is 50.5 Å². The fourth-order valence-corrected chi connectivity index (χ4v) is 2.41. The van der Waals surface area contributed by atoms with Crippen molar-refractivity contribution in [1.29, 1.82) is 0 Å². The highest BCUT2D eigenvalue weighted by Crippen LogP contribution is 2.30. The molecule has 1 aromatic carbocycles. The van der Waals surface area contributed by atoms with Gasteiger partial charge in [0.1, 0.15) is 0 Å². The van der Waals surface area contributed by atoms with E-state index >= 15 is 0 Å². The molecule has 0 heterocycles. The van der Waals surface area contributed by atoms with Crippen LogP contribution in [-0.4, -0.2) is 11.1 Å². The molecule has 0 radical (unpaired) electrons. The number of halogens is 1. The number of hydrogen-bond acceptors (Lipinski definition) is 2. The van der Waals surface area contributed by atoms with Crippen LogP contribution >= 0.6 is 15.9 Å². The number of benzene rings is 1. The van der Waals surface area contributed by atoms with Crippen LogP contribution in [0.15, 0.2) is 22.7 Å². The number of carboxylic acids is 1. The molecule has 3 nitrogen and oxygen atoms in total. The van der Waals surface area contributed by atoms with Crippen molar-refractivity contribution < 1.29 is 9.90 Å². The third-order valence-electron chi connectivity index (χ3n) is 3.07. The largest absolute Gasteiger partial charge is 0.481 e. The second-order valence-corrected chi connectivity index (χ2v) is 5.43. The minimum absolute atomic E-state index is 0.501. The van der Waals surface area contributed by atoms with Gasteiger partial charge >= 0.3 is 5.97 Å².